The summed E-state index contributed by atoms with van der Waals surface area (Å²) < 4.78 is 5.06. The minimum absolute atomic E-state index is 0.694. The number of rotatable bonds is 6. The van der Waals surface area contributed by atoms with E-state index in [-0.39, 0.29) is 0 Å². The highest BCUT2D eigenvalue weighted by atomic mass is 32.1. The van der Waals surface area contributed by atoms with Crippen LogP contribution in [0.1, 0.15) is 18.7 Å². The van der Waals surface area contributed by atoms with Gasteiger partial charge in [0.25, 0.3) is 0 Å². The highest BCUT2D eigenvalue weighted by Gasteiger charge is 2.20. The van der Waals surface area contributed by atoms with Crippen LogP contribution < -0.4 is 9.75 Å². The SMILES string of the molecule is C1=c2sc3ccc(-c4cccc(-c5ccc(-c6ccccc6)cc5)c4)cc3c2=C(c2nc(-c3ccccc3)nc(-c3cccc4sc5ccccc5c34)n2)CC1. The van der Waals surface area contributed by atoms with E-state index in [2.05, 4.69) is 170 Å². The van der Waals surface area contributed by atoms with Crippen molar-refractivity contribution >= 4 is 64.6 Å². The fourth-order valence-electron chi connectivity index (χ4n) is 8.12. The zero-order valence-electron chi connectivity index (χ0n) is 30.3. The molecule has 11 rings (SSSR count). The Morgan fingerprint density at radius 3 is 1.79 bits per heavy atom. The van der Waals surface area contributed by atoms with E-state index in [1.54, 1.807) is 0 Å². The number of hydrogen-bond donors (Lipinski definition) is 0. The second-order valence-corrected chi connectivity index (χ2v) is 16.4. The van der Waals surface area contributed by atoms with Gasteiger partial charge in [0.1, 0.15) is 0 Å². The number of hydrogen-bond acceptors (Lipinski definition) is 5. The highest BCUT2D eigenvalue weighted by Crippen LogP contribution is 2.40. The average Bonchev–Trinajstić information content (AvgIpc) is 3.85. The fraction of sp³-hybridized carbons (Fsp3) is 0.0392. The van der Waals surface area contributed by atoms with Crippen LogP contribution in [0.15, 0.2) is 170 Å². The van der Waals surface area contributed by atoms with Crippen molar-refractivity contribution in [3.05, 3.63) is 185 Å². The largest absolute Gasteiger partial charge is 0.208 e. The quantitative estimate of drug-likeness (QED) is 0.170. The summed E-state index contributed by atoms with van der Waals surface area (Å²) in [6.07, 6.45) is 4.20. The van der Waals surface area contributed by atoms with Crippen molar-refractivity contribution in [2.75, 3.05) is 0 Å². The Morgan fingerprint density at radius 1 is 0.393 bits per heavy atom. The molecule has 10 aromatic rings. The molecular weight excluding hydrogens is 719 g/mol. The van der Waals surface area contributed by atoms with Gasteiger partial charge in [-0.1, -0.05) is 146 Å². The standard InChI is InChI=1S/C51H33N3S2/c1-3-12-32(13-4-1)33-24-26-34(27-25-33)36-16-9-17-37(30-36)38-28-29-44-42(31-38)48-41(20-11-23-46(48)56-44)51-53-49(35-14-5-2-6-15-35)52-50(54-51)40-19-10-22-45-47(40)39-18-7-8-21-43(39)55-45/h1-10,12-19,21-31H,11,20H2. The van der Waals surface area contributed by atoms with Crippen LogP contribution in [0.4, 0.5) is 0 Å². The molecule has 3 aromatic heterocycles. The van der Waals surface area contributed by atoms with Crippen LogP contribution in [0.25, 0.3) is 98.1 Å². The molecule has 5 heteroatoms. The lowest BCUT2D eigenvalue weighted by atomic mass is 9.95. The zero-order valence-corrected chi connectivity index (χ0v) is 31.9. The minimum atomic E-state index is 0.694. The summed E-state index contributed by atoms with van der Waals surface area (Å²) in [5, 5.41) is 4.94. The summed E-state index contributed by atoms with van der Waals surface area (Å²) in [7, 11) is 0. The van der Waals surface area contributed by atoms with Gasteiger partial charge >= 0.3 is 0 Å². The normalized spacial score (nSPS) is 12.6. The molecule has 0 fully saturated rings. The Balaban J connectivity index is 1.07. The third-order valence-electron chi connectivity index (χ3n) is 10.8. The summed E-state index contributed by atoms with van der Waals surface area (Å²) in [6.45, 7) is 0. The second-order valence-electron chi connectivity index (χ2n) is 14.2. The van der Waals surface area contributed by atoms with Crippen LogP contribution in [0.2, 0.25) is 0 Å². The number of nitrogens with zero attached hydrogens (tertiary/aromatic N) is 3. The molecule has 3 heterocycles. The van der Waals surface area contributed by atoms with Gasteiger partial charge < -0.3 is 0 Å². The van der Waals surface area contributed by atoms with E-state index in [0.717, 1.165) is 29.8 Å². The molecule has 0 bridgehead atoms. The summed E-state index contributed by atoms with van der Waals surface area (Å²) in [4.78, 5) is 15.8. The van der Waals surface area contributed by atoms with Gasteiger partial charge in [0.05, 0.1) is 0 Å². The lowest BCUT2D eigenvalue weighted by Crippen LogP contribution is -2.26. The average molecular weight is 752 g/mol. The molecule has 0 unspecified atom stereocenters. The maximum atomic E-state index is 5.36. The molecular formula is C51H33N3S2. The molecule has 0 saturated carbocycles. The Morgan fingerprint density at radius 2 is 0.964 bits per heavy atom. The number of thiophene rings is 2. The van der Waals surface area contributed by atoms with E-state index in [0.29, 0.717) is 11.6 Å². The van der Waals surface area contributed by atoms with E-state index in [4.69, 9.17) is 15.0 Å². The van der Waals surface area contributed by atoms with Crippen LogP contribution >= 0.6 is 22.7 Å². The molecule has 1 aliphatic rings. The van der Waals surface area contributed by atoms with Crippen molar-refractivity contribution in [3.8, 4) is 56.2 Å². The van der Waals surface area contributed by atoms with Crippen molar-refractivity contribution in [2.24, 2.45) is 0 Å². The lowest BCUT2D eigenvalue weighted by Gasteiger charge is -2.13. The summed E-state index contributed by atoms with van der Waals surface area (Å²) >= 11 is 3.68. The Kier molecular flexibility index (Phi) is 8.01. The van der Waals surface area contributed by atoms with Crippen molar-refractivity contribution in [1.82, 2.24) is 15.0 Å². The van der Waals surface area contributed by atoms with E-state index < -0.39 is 0 Å². The zero-order chi connectivity index (χ0) is 37.0. The van der Waals surface area contributed by atoms with Gasteiger partial charge in [-0.05, 0) is 76.6 Å². The maximum absolute atomic E-state index is 5.36. The first kappa shape index (κ1) is 32.9. The van der Waals surface area contributed by atoms with Gasteiger partial charge in [-0.25, -0.2) is 15.0 Å². The highest BCUT2D eigenvalue weighted by molar-refractivity contribution is 7.26. The Labute approximate surface area is 332 Å². The van der Waals surface area contributed by atoms with Crippen molar-refractivity contribution in [3.63, 3.8) is 0 Å². The first-order valence-corrected chi connectivity index (χ1v) is 20.6. The molecule has 0 radical (unpaired) electrons. The van der Waals surface area contributed by atoms with E-state index in [9.17, 15) is 0 Å². The fourth-order valence-corrected chi connectivity index (χ4v) is 10.4. The summed E-state index contributed by atoms with van der Waals surface area (Å²) in [6, 6.07) is 60.7. The maximum Gasteiger partial charge on any atom is 0.164 e. The number of aromatic nitrogens is 3. The summed E-state index contributed by atoms with van der Waals surface area (Å²) in [5.41, 5.74) is 10.5. The molecule has 264 valence electrons. The Hall–Kier alpha value is -6.53. The molecule has 0 spiro atoms. The second kappa shape index (κ2) is 13.6. The van der Waals surface area contributed by atoms with Crippen LogP contribution in [-0.4, -0.2) is 15.0 Å². The predicted octanol–water partition coefficient (Wildman–Crippen LogP) is 12.6. The monoisotopic (exact) mass is 751 g/mol. The van der Waals surface area contributed by atoms with Crippen LogP contribution in [0.3, 0.4) is 0 Å². The molecule has 0 N–H and O–H groups in total. The topological polar surface area (TPSA) is 38.7 Å². The third kappa shape index (κ3) is 5.75. The predicted molar refractivity (Wildman–Crippen MR) is 237 cm³/mol. The summed E-state index contributed by atoms with van der Waals surface area (Å²) in [5.74, 6) is 2.16. The molecule has 0 aliphatic heterocycles. The molecule has 0 amide bonds. The number of benzene rings is 7. The van der Waals surface area contributed by atoms with Gasteiger partial charge in [0.15, 0.2) is 17.5 Å². The van der Waals surface area contributed by atoms with E-state index in [1.165, 1.54) is 79.0 Å². The first-order valence-electron chi connectivity index (χ1n) is 19.0. The Bertz CT molecular complexity index is 3240. The molecule has 0 atom stereocenters. The minimum Gasteiger partial charge on any atom is -0.208 e. The smallest absolute Gasteiger partial charge is 0.164 e. The van der Waals surface area contributed by atoms with Crippen molar-refractivity contribution < 1.29 is 0 Å². The van der Waals surface area contributed by atoms with Gasteiger partial charge in [-0.2, -0.15) is 0 Å². The number of fused-ring (bicyclic) bond motifs is 6. The van der Waals surface area contributed by atoms with Gasteiger partial charge in [-0.15, -0.1) is 22.7 Å². The molecule has 56 heavy (non-hydrogen) atoms. The molecule has 1 aliphatic carbocycles. The van der Waals surface area contributed by atoms with E-state index >= 15 is 0 Å². The van der Waals surface area contributed by atoms with Crippen molar-refractivity contribution in [1.29, 1.82) is 0 Å². The molecule has 7 aromatic carbocycles. The van der Waals surface area contributed by atoms with Gasteiger partial charge in [0.2, 0.25) is 0 Å². The van der Waals surface area contributed by atoms with Crippen LogP contribution in [0, 0.1) is 0 Å². The van der Waals surface area contributed by atoms with Crippen molar-refractivity contribution in [2.45, 2.75) is 12.8 Å². The first-order chi connectivity index (χ1) is 27.7. The van der Waals surface area contributed by atoms with Gasteiger partial charge in [0, 0.05) is 56.7 Å². The van der Waals surface area contributed by atoms with Gasteiger partial charge in [-0.3, -0.25) is 0 Å². The van der Waals surface area contributed by atoms with Crippen LogP contribution in [-0.2, 0) is 0 Å². The third-order valence-corrected chi connectivity index (χ3v) is 13.1. The molecule has 3 nitrogen and oxygen atoms in total. The van der Waals surface area contributed by atoms with E-state index in [1.807, 2.05) is 28.7 Å². The molecule has 0 saturated heterocycles. The lowest BCUT2D eigenvalue weighted by molar-refractivity contribution is 0.987. The van der Waals surface area contributed by atoms with Crippen LogP contribution in [0.5, 0.6) is 0 Å².